The van der Waals surface area contributed by atoms with Crippen molar-refractivity contribution in [1.29, 1.82) is 0 Å². The van der Waals surface area contributed by atoms with E-state index in [0.29, 0.717) is 0 Å². The normalized spacial score (nSPS) is 11.1. The van der Waals surface area contributed by atoms with Crippen LogP contribution in [0.15, 0.2) is 30.3 Å². The Morgan fingerprint density at radius 3 is 2.00 bits per heavy atom. The molecule has 0 aliphatic rings. The number of carbonyl (C=O) groups is 1. The van der Waals surface area contributed by atoms with Gasteiger partial charge in [-0.05, 0) is 12.5 Å². The van der Waals surface area contributed by atoms with Crippen molar-refractivity contribution in [3.8, 4) is 0 Å². The maximum absolute atomic E-state index is 9.37. The van der Waals surface area contributed by atoms with Gasteiger partial charge in [-0.2, -0.15) is 0 Å². The minimum atomic E-state index is -0.745. The zero-order valence-corrected chi connectivity index (χ0v) is 8.47. The Bertz CT molecular complexity index is 254. The zero-order valence-electron chi connectivity index (χ0n) is 8.47. The number of aliphatic hydroxyl groups is 1. The summed E-state index contributed by atoms with van der Waals surface area (Å²) in [7, 11) is 0. The van der Waals surface area contributed by atoms with Crippen molar-refractivity contribution in [3.63, 3.8) is 0 Å². The smallest absolute Gasteiger partial charge is 0.303 e. The molecule has 1 rings (SSSR count). The van der Waals surface area contributed by atoms with E-state index in [2.05, 4.69) is 0 Å². The number of benzene rings is 1. The van der Waals surface area contributed by atoms with Gasteiger partial charge in [0.05, 0.1) is 6.10 Å². The minimum absolute atomic E-state index is 0.222. The van der Waals surface area contributed by atoms with Crippen LogP contribution < -0.4 is 0 Å². The van der Waals surface area contributed by atoms with E-state index in [1.807, 2.05) is 30.3 Å². The third kappa shape index (κ3) is 6.20. The van der Waals surface area contributed by atoms with Crippen molar-refractivity contribution < 1.29 is 15.0 Å². The van der Waals surface area contributed by atoms with Crippen molar-refractivity contribution in [2.75, 3.05) is 0 Å². The summed E-state index contributed by atoms with van der Waals surface area (Å²) in [6, 6.07) is 9.59. The van der Waals surface area contributed by atoms with Crippen molar-refractivity contribution in [2.24, 2.45) is 0 Å². The molecule has 0 bridgehead atoms. The average molecular weight is 196 g/mol. The lowest BCUT2D eigenvalue weighted by atomic mass is 10.1. The highest BCUT2D eigenvalue weighted by Crippen LogP contribution is 2.08. The highest BCUT2D eigenvalue weighted by atomic mass is 16.4. The van der Waals surface area contributed by atoms with Crippen LogP contribution >= 0.6 is 0 Å². The molecule has 1 unspecified atom stereocenters. The van der Waals surface area contributed by atoms with Crippen molar-refractivity contribution in [3.05, 3.63) is 35.9 Å². The van der Waals surface area contributed by atoms with Gasteiger partial charge < -0.3 is 10.2 Å². The van der Waals surface area contributed by atoms with Crippen molar-refractivity contribution in [2.45, 2.75) is 26.4 Å². The van der Waals surface area contributed by atoms with Crippen LogP contribution in [-0.2, 0) is 4.79 Å². The summed E-state index contributed by atoms with van der Waals surface area (Å²) in [5, 5.41) is 16.7. The number of carboxylic acids is 1. The predicted octanol–water partition coefficient (Wildman–Crippen LogP) is 2.22. The van der Waals surface area contributed by atoms with Gasteiger partial charge in [0.1, 0.15) is 0 Å². The van der Waals surface area contributed by atoms with Crippen LogP contribution in [0, 0.1) is 0 Å². The maximum atomic E-state index is 9.37. The molecule has 1 aromatic rings. The lowest BCUT2D eigenvalue weighted by Crippen LogP contribution is -1.87. The van der Waals surface area contributed by atoms with E-state index in [9.17, 15) is 4.79 Å². The van der Waals surface area contributed by atoms with E-state index >= 15 is 0 Å². The Balaban J connectivity index is 0.000000292. The molecule has 2 N–H and O–H groups in total. The summed E-state index contributed by atoms with van der Waals surface area (Å²) in [6.45, 7) is 3.36. The zero-order chi connectivity index (χ0) is 11.0. The van der Waals surface area contributed by atoms with E-state index in [-0.39, 0.29) is 12.5 Å². The van der Waals surface area contributed by atoms with E-state index < -0.39 is 5.97 Å². The minimum Gasteiger partial charge on any atom is -0.481 e. The van der Waals surface area contributed by atoms with Crippen LogP contribution in [-0.4, -0.2) is 16.2 Å². The summed E-state index contributed by atoms with van der Waals surface area (Å²) < 4.78 is 0. The SMILES string of the molecule is CC(O)c1ccccc1.CCC(=O)O. The third-order valence-electron chi connectivity index (χ3n) is 1.58. The number of hydrogen-bond donors (Lipinski definition) is 2. The standard InChI is InChI=1S/C8H10O.C3H6O2/c1-7(9)8-5-3-2-4-6-8;1-2-3(4)5/h2-7,9H,1H3;2H2,1H3,(H,4,5). The molecule has 0 fully saturated rings. The van der Waals surface area contributed by atoms with E-state index in [1.165, 1.54) is 0 Å². The molecule has 0 spiro atoms. The molecular weight excluding hydrogens is 180 g/mol. The summed E-state index contributed by atoms with van der Waals surface area (Å²) in [4.78, 5) is 9.37. The monoisotopic (exact) mass is 196 g/mol. The van der Waals surface area contributed by atoms with E-state index in [4.69, 9.17) is 10.2 Å². The first-order valence-electron chi connectivity index (χ1n) is 4.52. The molecule has 0 aliphatic carbocycles. The van der Waals surface area contributed by atoms with E-state index in [1.54, 1.807) is 13.8 Å². The summed E-state index contributed by atoms with van der Waals surface area (Å²) in [6.07, 6.45) is -0.119. The molecule has 0 aliphatic heterocycles. The second-order valence-corrected chi connectivity index (χ2v) is 2.83. The molecule has 0 saturated carbocycles. The van der Waals surface area contributed by atoms with E-state index in [0.717, 1.165) is 5.56 Å². The summed E-state index contributed by atoms with van der Waals surface area (Å²) >= 11 is 0. The van der Waals surface area contributed by atoms with Gasteiger partial charge in [0, 0.05) is 6.42 Å². The maximum Gasteiger partial charge on any atom is 0.303 e. The van der Waals surface area contributed by atoms with Crippen LogP contribution in [0.3, 0.4) is 0 Å². The second-order valence-electron chi connectivity index (χ2n) is 2.83. The molecule has 1 atom stereocenters. The Hall–Kier alpha value is -1.35. The van der Waals surface area contributed by atoms with Gasteiger partial charge in [-0.1, -0.05) is 37.3 Å². The van der Waals surface area contributed by atoms with Crippen LogP contribution in [0.25, 0.3) is 0 Å². The van der Waals surface area contributed by atoms with Gasteiger partial charge in [0.2, 0.25) is 0 Å². The summed E-state index contributed by atoms with van der Waals surface area (Å²) in [5.74, 6) is -0.745. The average Bonchev–Trinajstić information content (AvgIpc) is 2.20. The van der Waals surface area contributed by atoms with Crippen LogP contribution in [0.5, 0.6) is 0 Å². The lowest BCUT2D eigenvalue weighted by Gasteiger charge is -2.00. The Kier molecular flexibility index (Phi) is 6.41. The molecule has 1 aromatic carbocycles. The first kappa shape index (κ1) is 12.7. The molecule has 0 radical (unpaired) electrons. The Labute approximate surface area is 84.0 Å². The number of aliphatic carboxylic acids is 1. The molecule has 78 valence electrons. The van der Waals surface area contributed by atoms with Crippen molar-refractivity contribution >= 4 is 5.97 Å². The first-order chi connectivity index (χ1) is 6.57. The fraction of sp³-hybridized carbons (Fsp3) is 0.364. The molecule has 3 heteroatoms. The van der Waals surface area contributed by atoms with Crippen molar-refractivity contribution in [1.82, 2.24) is 0 Å². The van der Waals surface area contributed by atoms with Gasteiger partial charge in [-0.3, -0.25) is 4.79 Å². The fourth-order valence-corrected chi connectivity index (χ4v) is 0.732. The first-order valence-corrected chi connectivity index (χ1v) is 4.52. The van der Waals surface area contributed by atoms with Gasteiger partial charge in [0.25, 0.3) is 0 Å². The molecule has 3 nitrogen and oxygen atoms in total. The van der Waals surface area contributed by atoms with Crippen LogP contribution in [0.1, 0.15) is 31.9 Å². The molecule has 0 aromatic heterocycles. The van der Waals surface area contributed by atoms with Gasteiger partial charge >= 0.3 is 5.97 Å². The highest BCUT2D eigenvalue weighted by molar-refractivity contribution is 5.66. The molecule has 14 heavy (non-hydrogen) atoms. The number of rotatable bonds is 2. The second kappa shape index (κ2) is 7.09. The van der Waals surface area contributed by atoms with Gasteiger partial charge in [-0.15, -0.1) is 0 Å². The predicted molar refractivity (Wildman–Crippen MR) is 55.0 cm³/mol. The van der Waals surface area contributed by atoms with Crippen LogP contribution in [0.4, 0.5) is 0 Å². The topological polar surface area (TPSA) is 57.5 Å². The fourth-order valence-electron chi connectivity index (χ4n) is 0.732. The Morgan fingerprint density at radius 2 is 1.79 bits per heavy atom. The highest BCUT2D eigenvalue weighted by Gasteiger charge is 1.95. The largest absolute Gasteiger partial charge is 0.481 e. The van der Waals surface area contributed by atoms with Crippen LogP contribution in [0.2, 0.25) is 0 Å². The molecule has 0 amide bonds. The van der Waals surface area contributed by atoms with Gasteiger partial charge in [-0.25, -0.2) is 0 Å². The third-order valence-corrected chi connectivity index (χ3v) is 1.58. The lowest BCUT2D eigenvalue weighted by molar-refractivity contribution is -0.136. The molecule has 0 saturated heterocycles. The number of aliphatic hydroxyl groups excluding tert-OH is 1. The molecule has 0 heterocycles. The summed E-state index contributed by atoms with van der Waals surface area (Å²) in [5.41, 5.74) is 0.970. The number of carboxylic acid groups (broad SMARTS) is 1. The Morgan fingerprint density at radius 1 is 1.36 bits per heavy atom. The molecular formula is C11H16O3. The quantitative estimate of drug-likeness (QED) is 0.762. The van der Waals surface area contributed by atoms with Gasteiger partial charge in [0.15, 0.2) is 0 Å². The number of hydrogen-bond acceptors (Lipinski definition) is 2.